The molecule has 0 bridgehead atoms. The molecule has 0 spiro atoms. The quantitative estimate of drug-likeness (QED) is 0.734. The maximum absolute atomic E-state index is 12.0. The summed E-state index contributed by atoms with van der Waals surface area (Å²) in [6, 6.07) is -0.555. The van der Waals surface area contributed by atoms with Crippen molar-refractivity contribution in [3.8, 4) is 0 Å². The van der Waals surface area contributed by atoms with Crippen molar-refractivity contribution in [1.29, 1.82) is 0 Å². The number of rotatable bonds is 3. The second-order valence-electron chi connectivity index (χ2n) is 4.08. The Labute approximate surface area is 87.8 Å². The Kier molecular flexibility index (Phi) is 4.26. The SMILES string of the molecule is CC1CC(NCC(F)F)CN(C(N)=O)C1. The predicted molar refractivity (Wildman–Crippen MR) is 52.7 cm³/mol. The van der Waals surface area contributed by atoms with Gasteiger partial charge in [0, 0.05) is 19.1 Å². The number of piperidine rings is 1. The average molecular weight is 221 g/mol. The van der Waals surface area contributed by atoms with E-state index in [0.717, 1.165) is 6.42 Å². The van der Waals surface area contributed by atoms with Crippen LogP contribution in [0.1, 0.15) is 13.3 Å². The van der Waals surface area contributed by atoms with E-state index in [2.05, 4.69) is 5.32 Å². The fraction of sp³-hybridized carbons (Fsp3) is 0.889. The molecule has 1 rings (SSSR count). The Morgan fingerprint density at radius 2 is 2.27 bits per heavy atom. The van der Waals surface area contributed by atoms with E-state index in [0.29, 0.717) is 19.0 Å². The number of hydrogen-bond donors (Lipinski definition) is 2. The number of alkyl halides is 2. The second kappa shape index (κ2) is 5.25. The highest BCUT2D eigenvalue weighted by molar-refractivity contribution is 5.72. The molecule has 3 N–H and O–H groups in total. The van der Waals surface area contributed by atoms with Crippen molar-refractivity contribution in [2.75, 3.05) is 19.6 Å². The molecule has 0 aromatic rings. The fourth-order valence-corrected chi connectivity index (χ4v) is 1.94. The van der Waals surface area contributed by atoms with E-state index in [1.165, 1.54) is 4.90 Å². The summed E-state index contributed by atoms with van der Waals surface area (Å²) >= 11 is 0. The molecule has 0 aliphatic carbocycles. The van der Waals surface area contributed by atoms with E-state index in [9.17, 15) is 13.6 Å². The molecule has 0 radical (unpaired) electrons. The predicted octanol–water partition coefficient (Wildman–Crippen LogP) is 0.630. The average Bonchev–Trinajstić information content (AvgIpc) is 2.13. The van der Waals surface area contributed by atoms with Crippen LogP contribution in [-0.2, 0) is 0 Å². The van der Waals surface area contributed by atoms with Gasteiger partial charge in [0.2, 0.25) is 0 Å². The van der Waals surface area contributed by atoms with Crippen LogP contribution in [0.2, 0.25) is 0 Å². The van der Waals surface area contributed by atoms with Gasteiger partial charge in [-0.25, -0.2) is 13.6 Å². The van der Waals surface area contributed by atoms with E-state index in [4.69, 9.17) is 5.73 Å². The number of carbonyl (C=O) groups is 1. The van der Waals surface area contributed by atoms with Crippen molar-refractivity contribution in [2.24, 2.45) is 11.7 Å². The monoisotopic (exact) mass is 221 g/mol. The van der Waals surface area contributed by atoms with Crippen molar-refractivity contribution in [2.45, 2.75) is 25.8 Å². The third-order valence-electron chi connectivity index (χ3n) is 2.53. The van der Waals surface area contributed by atoms with Crippen LogP contribution in [0.4, 0.5) is 13.6 Å². The van der Waals surface area contributed by atoms with Crippen molar-refractivity contribution in [3.05, 3.63) is 0 Å². The molecule has 2 unspecified atom stereocenters. The molecule has 1 aliphatic heterocycles. The van der Waals surface area contributed by atoms with Crippen LogP contribution in [0.3, 0.4) is 0 Å². The van der Waals surface area contributed by atoms with Gasteiger partial charge in [0.15, 0.2) is 0 Å². The number of halogens is 2. The van der Waals surface area contributed by atoms with E-state index in [1.807, 2.05) is 6.92 Å². The van der Waals surface area contributed by atoms with Crippen LogP contribution < -0.4 is 11.1 Å². The molecule has 1 fully saturated rings. The highest BCUT2D eigenvalue weighted by Gasteiger charge is 2.26. The number of nitrogens with one attached hydrogen (secondary N) is 1. The van der Waals surface area contributed by atoms with Crippen molar-refractivity contribution < 1.29 is 13.6 Å². The summed E-state index contributed by atoms with van der Waals surface area (Å²) in [5, 5.41) is 2.74. The Morgan fingerprint density at radius 1 is 1.60 bits per heavy atom. The van der Waals surface area contributed by atoms with Gasteiger partial charge in [-0.1, -0.05) is 6.92 Å². The highest BCUT2D eigenvalue weighted by atomic mass is 19.3. The first-order valence-electron chi connectivity index (χ1n) is 5.05. The van der Waals surface area contributed by atoms with Gasteiger partial charge in [0.1, 0.15) is 0 Å². The van der Waals surface area contributed by atoms with Gasteiger partial charge in [-0.15, -0.1) is 0 Å². The fourth-order valence-electron chi connectivity index (χ4n) is 1.94. The lowest BCUT2D eigenvalue weighted by atomic mass is 9.96. The Bertz CT molecular complexity index is 225. The molecule has 0 aromatic heterocycles. The minimum atomic E-state index is -2.36. The first-order chi connectivity index (χ1) is 6.99. The molecule has 1 saturated heterocycles. The van der Waals surface area contributed by atoms with Gasteiger partial charge < -0.3 is 16.0 Å². The van der Waals surface area contributed by atoms with Crippen LogP contribution in [0, 0.1) is 5.92 Å². The maximum Gasteiger partial charge on any atom is 0.314 e. The summed E-state index contributed by atoms with van der Waals surface area (Å²) in [4.78, 5) is 12.5. The van der Waals surface area contributed by atoms with Gasteiger partial charge in [-0.2, -0.15) is 0 Å². The molecule has 0 aromatic carbocycles. The van der Waals surface area contributed by atoms with Crippen molar-refractivity contribution in [1.82, 2.24) is 10.2 Å². The topological polar surface area (TPSA) is 58.4 Å². The summed E-state index contributed by atoms with van der Waals surface area (Å²) < 4.78 is 23.9. The van der Waals surface area contributed by atoms with Gasteiger partial charge >= 0.3 is 6.03 Å². The molecule has 4 nitrogen and oxygen atoms in total. The largest absolute Gasteiger partial charge is 0.351 e. The van der Waals surface area contributed by atoms with Gasteiger partial charge in [0.05, 0.1) is 6.54 Å². The molecule has 2 atom stereocenters. The van der Waals surface area contributed by atoms with Crippen LogP contribution in [0.5, 0.6) is 0 Å². The normalized spacial score (nSPS) is 27.1. The first-order valence-corrected chi connectivity index (χ1v) is 5.05. The second-order valence-corrected chi connectivity index (χ2v) is 4.08. The van der Waals surface area contributed by atoms with Crippen LogP contribution >= 0.6 is 0 Å². The van der Waals surface area contributed by atoms with E-state index >= 15 is 0 Å². The number of urea groups is 1. The molecular formula is C9H17F2N3O. The van der Waals surface area contributed by atoms with Gasteiger partial charge in [0.25, 0.3) is 6.43 Å². The lowest BCUT2D eigenvalue weighted by Crippen LogP contribution is -2.52. The summed E-state index contributed by atoms with van der Waals surface area (Å²) in [5.41, 5.74) is 5.16. The third-order valence-corrected chi connectivity index (χ3v) is 2.53. The summed E-state index contributed by atoms with van der Waals surface area (Å²) in [7, 11) is 0. The smallest absolute Gasteiger partial charge is 0.314 e. The minimum Gasteiger partial charge on any atom is -0.351 e. The zero-order valence-corrected chi connectivity index (χ0v) is 8.75. The van der Waals surface area contributed by atoms with Crippen LogP contribution in [0.15, 0.2) is 0 Å². The van der Waals surface area contributed by atoms with E-state index in [-0.39, 0.29) is 12.6 Å². The summed E-state index contributed by atoms with van der Waals surface area (Å²) in [6.45, 7) is 2.69. The number of nitrogens with two attached hydrogens (primary N) is 1. The standard InChI is InChI=1S/C9H17F2N3O/c1-6-2-7(13-3-8(10)11)5-14(4-6)9(12)15/h6-8,13H,2-5H2,1H3,(H2,12,15). The lowest BCUT2D eigenvalue weighted by molar-refractivity contribution is 0.121. The number of nitrogens with zero attached hydrogens (tertiary/aromatic N) is 1. The van der Waals surface area contributed by atoms with Gasteiger partial charge in [-0.05, 0) is 12.3 Å². The number of carbonyl (C=O) groups excluding carboxylic acids is 1. The van der Waals surface area contributed by atoms with E-state index < -0.39 is 12.5 Å². The third kappa shape index (κ3) is 3.99. The number of primary amides is 1. The summed E-state index contributed by atoms with van der Waals surface area (Å²) in [6.07, 6.45) is -1.56. The molecule has 1 aliphatic rings. The van der Waals surface area contributed by atoms with Gasteiger partial charge in [-0.3, -0.25) is 0 Å². The Balaban J connectivity index is 2.41. The number of likely N-dealkylation sites (tertiary alicyclic amines) is 1. The Morgan fingerprint density at radius 3 is 2.80 bits per heavy atom. The lowest BCUT2D eigenvalue weighted by Gasteiger charge is -2.35. The molecule has 6 heteroatoms. The molecule has 1 heterocycles. The van der Waals surface area contributed by atoms with Crippen LogP contribution in [-0.4, -0.2) is 43.0 Å². The Hall–Kier alpha value is -0.910. The zero-order chi connectivity index (χ0) is 11.4. The molecule has 0 saturated carbocycles. The molecular weight excluding hydrogens is 204 g/mol. The van der Waals surface area contributed by atoms with Crippen molar-refractivity contribution >= 4 is 6.03 Å². The summed E-state index contributed by atoms with van der Waals surface area (Å²) in [5.74, 6) is 0.293. The first kappa shape index (κ1) is 12.2. The zero-order valence-electron chi connectivity index (χ0n) is 8.75. The van der Waals surface area contributed by atoms with E-state index in [1.54, 1.807) is 0 Å². The van der Waals surface area contributed by atoms with Crippen molar-refractivity contribution in [3.63, 3.8) is 0 Å². The highest BCUT2D eigenvalue weighted by Crippen LogP contribution is 2.16. The van der Waals surface area contributed by atoms with Crippen LogP contribution in [0.25, 0.3) is 0 Å². The minimum absolute atomic E-state index is 0.0738. The molecule has 2 amide bonds. The maximum atomic E-state index is 12.0. The molecule has 88 valence electrons. The number of amides is 2. The number of hydrogen-bond acceptors (Lipinski definition) is 2. The molecule has 15 heavy (non-hydrogen) atoms.